The third-order valence-electron chi connectivity index (χ3n) is 2.83. The molecule has 1 fully saturated rings. The van der Waals surface area contributed by atoms with Gasteiger partial charge >= 0.3 is 0 Å². The maximum atomic E-state index is 5.75. The van der Waals surface area contributed by atoms with E-state index < -0.39 is 0 Å². The molecule has 0 aromatic rings. The van der Waals surface area contributed by atoms with Gasteiger partial charge in [-0.25, -0.2) is 0 Å². The van der Waals surface area contributed by atoms with Gasteiger partial charge in [0.1, 0.15) is 0 Å². The van der Waals surface area contributed by atoms with Gasteiger partial charge in [-0.2, -0.15) is 0 Å². The van der Waals surface area contributed by atoms with Crippen molar-refractivity contribution in [2.75, 3.05) is 52.9 Å². The average Bonchev–Trinajstić information content (AvgIpc) is 2.26. The van der Waals surface area contributed by atoms with Crippen molar-refractivity contribution in [1.29, 1.82) is 0 Å². The monoisotopic (exact) mass is 229 g/mol. The molecule has 16 heavy (non-hydrogen) atoms. The van der Waals surface area contributed by atoms with Crippen molar-refractivity contribution in [3.8, 4) is 0 Å². The van der Waals surface area contributed by atoms with E-state index in [1.54, 1.807) is 0 Å². The van der Waals surface area contributed by atoms with Crippen molar-refractivity contribution < 1.29 is 4.74 Å². The van der Waals surface area contributed by atoms with E-state index in [1.165, 1.54) is 0 Å². The molecule has 2 N–H and O–H groups in total. The van der Waals surface area contributed by atoms with Gasteiger partial charge in [-0.1, -0.05) is 13.8 Å². The summed E-state index contributed by atoms with van der Waals surface area (Å²) in [5.41, 5.74) is 0. The zero-order valence-corrected chi connectivity index (χ0v) is 11.0. The van der Waals surface area contributed by atoms with Gasteiger partial charge in [0, 0.05) is 32.7 Å². The van der Waals surface area contributed by atoms with Crippen LogP contribution in [0.15, 0.2) is 0 Å². The first-order valence-electron chi connectivity index (χ1n) is 6.41. The Morgan fingerprint density at radius 2 is 2.25 bits per heavy atom. The minimum absolute atomic E-state index is 0.365. The van der Waals surface area contributed by atoms with Gasteiger partial charge in [0.25, 0.3) is 0 Å². The Balaban J connectivity index is 2.12. The maximum absolute atomic E-state index is 5.75. The number of nitrogens with one attached hydrogen (secondary N) is 2. The van der Waals surface area contributed by atoms with Gasteiger partial charge in [-0.3, -0.25) is 4.90 Å². The lowest BCUT2D eigenvalue weighted by molar-refractivity contribution is -0.0265. The van der Waals surface area contributed by atoms with E-state index in [-0.39, 0.29) is 0 Å². The van der Waals surface area contributed by atoms with Gasteiger partial charge in [-0.15, -0.1) is 0 Å². The number of hydrogen-bond donors (Lipinski definition) is 2. The molecule has 1 aliphatic rings. The molecule has 0 aliphatic carbocycles. The van der Waals surface area contributed by atoms with Gasteiger partial charge in [0.05, 0.1) is 12.7 Å². The fourth-order valence-corrected chi connectivity index (χ4v) is 1.91. The Bertz CT molecular complexity index is 176. The zero-order chi connectivity index (χ0) is 11.8. The van der Waals surface area contributed by atoms with Gasteiger partial charge < -0.3 is 15.4 Å². The minimum atomic E-state index is 0.365. The summed E-state index contributed by atoms with van der Waals surface area (Å²) in [4.78, 5) is 2.47. The summed E-state index contributed by atoms with van der Waals surface area (Å²) in [7, 11) is 2.00. The molecule has 0 saturated carbocycles. The SMILES string of the molecule is CNCCN1CCOC(CNCC(C)C)C1. The Morgan fingerprint density at radius 3 is 2.94 bits per heavy atom. The molecule has 96 valence electrons. The van der Waals surface area contributed by atoms with Crippen LogP contribution in [0.1, 0.15) is 13.8 Å². The highest BCUT2D eigenvalue weighted by Gasteiger charge is 2.19. The van der Waals surface area contributed by atoms with Crippen molar-refractivity contribution in [3.63, 3.8) is 0 Å². The first-order valence-corrected chi connectivity index (χ1v) is 6.41. The van der Waals surface area contributed by atoms with E-state index in [0.717, 1.165) is 45.9 Å². The molecule has 0 aromatic carbocycles. The zero-order valence-electron chi connectivity index (χ0n) is 11.0. The number of likely N-dealkylation sites (N-methyl/N-ethyl adjacent to an activating group) is 1. The van der Waals surface area contributed by atoms with Gasteiger partial charge in [0.15, 0.2) is 0 Å². The molecular formula is C12H27N3O. The lowest BCUT2D eigenvalue weighted by atomic mass is 10.2. The fraction of sp³-hybridized carbons (Fsp3) is 1.00. The molecule has 4 nitrogen and oxygen atoms in total. The second-order valence-corrected chi connectivity index (χ2v) is 4.95. The van der Waals surface area contributed by atoms with E-state index in [2.05, 4.69) is 29.4 Å². The topological polar surface area (TPSA) is 36.5 Å². The van der Waals surface area contributed by atoms with Crippen LogP contribution in [0, 0.1) is 5.92 Å². The predicted octanol–water partition coefficient (Wildman–Crippen LogP) is 0.152. The first-order chi connectivity index (χ1) is 7.72. The largest absolute Gasteiger partial charge is 0.374 e. The van der Waals surface area contributed by atoms with Crippen LogP contribution in [0.25, 0.3) is 0 Å². The van der Waals surface area contributed by atoms with E-state index in [0.29, 0.717) is 12.0 Å². The number of rotatable bonds is 7. The molecule has 1 unspecified atom stereocenters. The minimum Gasteiger partial charge on any atom is -0.374 e. The third-order valence-corrected chi connectivity index (χ3v) is 2.83. The number of hydrogen-bond acceptors (Lipinski definition) is 4. The molecule has 0 spiro atoms. The Labute approximate surface area is 99.7 Å². The second kappa shape index (κ2) is 8.01. The molecule has 0 bridgehead atoms. The van der Waals surface area contributed by atoms with Crippen molar-refractivity contribution in [3.05, 3.63) is 0 Å². The van der Waals surface area contributed by atoms with E-state index in [9.17, 15) is 0 Å². The standard InChI is InChI=1S/C12H27N3O/c1-11(2)8-14-9-12-10-15(5-4-13-3)6-7-16-12/h11-14H,4-10H2,1-3H3. The van der Waals surface area contributed by atoms with E-state index in [4.69, 9.17) is 4.74 Å². The molecule has 1 saturated heterocycles. The normalized spacial score (nSPS) is 22.9. The van der Waals surface area contributed by atoms with Crippen LogP contribution >= 0.6 is 0 Å². The summed E-state index contributed by atoms with van der Waals surface area (Å²) in [6.07, 6.45) is 0.365. The first kappa shape index (κ1) is 13.9. The predicted molar refractivity (Wildman–Crippen MR) is 67.8 cm³/mol. The summed E-state index contributed by atoms with van der Waals surface area (Å²) < 4.78 is 5.75. The maximum Gasteiger partial charge on any atom is 0.0826 e. The lowest BCUT2D eigenvalue weighted by Crippen LogP contribution is -2.48. The smallest absolute Gasteiger partial charge is 0.0826 e. The summed E-state index contributed by atoms with van der Waals surface area (Å²) >= 11 is 0. The number of morpholine rings is 1. The van der Waals surface area contributed by atoms with Crippen LogP contribution in [0.2, 0.25) is 0 Å². The molecule has 4 heteroatoms. The highest BCUT2D eigenvalue weighted by atomic mass is 16.5. The lowest BCUT2D eigenvalue weighted by Gasteiger charge is -2.33. The molecule has 1 aliphatic heterocycles. The third kappa shape index (κ3) is 5.80. The van der Waals surface area contributed by atoms with Gasteiger partial charge in [0.2, 0.25) is 0 Å². The van der Waals surface area contributed by atoms with Crippen LogP contribution in [0.3, 0.4) is 0 Å². The molecule has 1 heterocycles. The van der Waals surface area contributed by atoms with Crippen molar-refractivity contribution in [2.45, 2.75) is 20.0 Å². The van der Waals surface area contributed by atoms with Crippen LogP contribution in [-0.4, -0.2) is 63.9 Å². The Morgan fingerprint density at radius 1 is 1.44 bits per heavy atom. The van der Waals surface area contributed by atoms with E-state index in [1.807, 2.05) is 7.05 Å². The quantitative estimate of drug-likeness (QED) is 0.652. The Kier molecular flexibility index (Phi) is 6.96. The molecule has 1 rings (SSSR count). The highest BCUT2D eigenvalue weighted by molar-refractivity contribution is 4.73. The molecule has 0 amide bonds. The average molecular weight is 229 g/mol. The molecular weight excluding hydrogens is 202 g/mol. The van der Waals surface area contributed by atoms with Gasteiger partial charge in [-0.05, 0) is 19.5 Å². The van der Waals surface area contributed by atoms with Crippen molar-refractivity contribution >= 4 is 0 Å². The summed E-state index contributed by atoms with van der Waals surface area (Å²) in [6.45, 7) is 11.7. The van der Waals surface area contributed by atoms with Crippen LogP contribution in [0.5, 0.6) is 0 Å². The highest BCUT2D eigenvalue weighted by Crippen LogP contribution is 2.03. The number of nitrogens with zero attached hydrogens (tertiary/aromatic N) is 1. The fourth-order valence-electron chi connectivity index (χ4n) is 1.91. The second-order valence-electron chi connectivity index (χ2n) is 4.95. The molecule has 0 aromatic heterocycles. The molecule has 1 atom stereocenters. The Hall–Kier alpha value is -0.160. The van der Waals surface area contributed by atoms with Crippen LogP contribution < -0.4 is 10.6 Å². The number of ether oxygens (including phenoxy) is 1. The van der Waals surface area contributed by atoms with Crippen molar-refractivity contribution in [1.82, 2.24) is 15.5 Å². The summed E-state index contributed by atoms with van der Waals surface area (Å²) in [5, 5.41) is 6.65. The van der Waals surface area contributed by atoms with Crippen molar-refractivity contribution in [2.24, 2.45) is 5.92 Å². The summed E-state index contributed by atoms with van der Waals surface area (Å²) in [5.74, 6) is 0.712. The van der Waals surface area contributed by atoms with Crippen LogP contribution in [-0.2, 0) is 4.74 Å². The summed E-state index contributed by atoms with van der Waals surface area (Å²) in [6, 6.07) is 0. The van der Waals surface area contributed by atoms with E-state index >= 15 is 0 Å². The molecule has 0 radical (unpaired) electrons. The van der Waals surface area contributed by atoms with Crippen LogP contribution in [0.4, 0.5) is 0 Å².